The number of rotatable bonds is 5. The molecule has 0 heterocycles. The third kappa shape index (κ3) is 2.59. The van der Waals surface area contributed by atoms with Crippen molar-refractivity contribution in [1.82, 2.24) is 0 Å². The molecule has 102 valence electrons. The Kier molecular flexibility index (Phi) is 3.42. The number of benzene rings is 1. The van der Waals surface area contributed by atoms with Crippen LogP contribution in [0.3, 0.4) is 0 Å². The Morgan fingerprint density at radius 3 is 2.58 bits per heavy atom. The number of aliphatic hydroxyl groups excluding tert-OH is 1. The lowest BCUT2D eigenvalue weighted by Gasteiger charge is -2.08. The van der Waals surface area contributed by atoms with E-state index in [1.54, 1.807) is 12.1 Å². The fourth-order valence-electron chi connectivity index (χ4n) is 3.23. The maximum atomic E-state index is 12.1. The number of anilines is 1. The van der Waals surface area contributed by atoms with Gasteiger partial charge in [0.05, 0.1) is 6.61 Å². The van der Waals surface area contributed by atoms with Gasteiger partial charge in [0.1, 0.15) is 12.4 Å². The normalized spacial score (nSPS) is 27.7. The molecule has 2 fully saturated rings. The monoisotopic (exact) mass is 261 g/mol. The molecule has 0 saturated heterocycles. The maximum absolute atomic E-state index is 12.1. The van der Waals surface area contributed by atoms with E-state index < -0.39 is 0 Å². The van der Waals surface area contributed by atoms with E-state index in [2.05, 4.69) is 5.32 Å². The van der Waals surface area contributed by atoms with E-state index in [4.69, 9.17) is 9.84 Å². The van der Waals surface area contributed by atoms with Gasteiger partial charge >= 0.3 is 0 Å². The van der Waals surface area contributed by atoms with Gasteiger partial charge in [-0.25, -0.2) is 0 Å². The lowest BCUT2D eigenvalue weighted by molar-refractivity contribution is -0.118. The van der Waals surface area contributed by atoms with Crippen molar-refractivity contribution in [2.24, 2.45) is 17.8 Å². The van der Waals surface area contributed by atoms with E-state index in [-0.39, 0.29) is 25.0 Å². The van der Waals surface area contributed by atoms with Gasteiger partial charge in [-0.15, -0.1) is 0 Å². The first kappa shape index (κ1) is 12.5. The SMILES string of the molecule is O=C(Nc1ccc(OCCO)cc1)C1C2CCCC21. The molecule has 0 radical (unpaired) electrons. The highest BCUT2D eigenvalue weighted by molar-refractivity contribution is 5.95. The minimum atomic E-state index is 0.00292. The van der Waals surface area contributed by atoms with Gasteiger partial charge in [0.25, 0.3) is 0 Å². The molecule has 0 aromatic heterocycles. The van der Waals surface area contributed by atoms with Crippen molar-refractivity contribution in [2.45, 2.75) is 19.3 Å². The molecule has 1 amide bonds. The van der Waals surface area contributed by atoms with Crippen LogP contribution in [-0.4, -0.2) is 24.2 Å². The Morgan fingerprint density at radius 2 is 1.95 bits per heavy atom. The Hall–Kier alpha value is -1.55. The van der Waals surface area contributed by atoms with E-state index >= 15 is 0 Å². The Labute approximate surface area is 112 Å². The summed E-state index contributed by atoms with van der Waals surface area (Å²) in [5.74, 6) is 2.41. The van der Waals surface area contributed by atoms with Crippen LogP contribution in [0.15, 0.2) is 24.3 Å². The molecule has 2 atom stereocenters. The Morgan fingerprint density at radius 1 is 1.26 bits per heavy atom. The second-order valence-corrected chi connectivity index (χ2v) is 5.37. The van der Waals surface area contributed by atoms with Crippen LogP contribution in [0.5, 0.6) is 5.75 Å². The molecule has 2 unspecified atom stereocenters. The van der Waals surface area contributed by atoms with E-state index in [0.29, 0.717) is 17.6 Å². The highest BCUT2D eigenvalue weighted by atomic mass is 16.5. The van der Waals surface area contributed by atoms with Crippen molar-refractivity contribution in [1.29, 1.82) is 0 Å². The molecular formula is C15H19NO3. The van der Waals surface area contributed by atoms with Crippen molar-refractivity contribution in [3.8, 4) is 5.75 Å². The van der Waals surface area contributed by atoms with Crippen molar-refractivity contribution in [2.75, 3.05) is 18.5 Å². The highest BCUT2D eigenvalue weighted by Crippen LogP contribution is 2.57. The molecule has 2 aliphatic carbocycles. The van der Waals surface area contributed by atoms with E-state index in [0.717, 1.165) is 5.69 Å². The standard InChI is InChI=1S/C15H19NO3/c17-8-9-19-11-6-4-10(5-7-11)16-15(18)14-12-2-1-3-13(12)14/h4-7,12-14,17H,1-3,8-9H2,(H,16,18). The fraction of sp³-hybridized carbons (Fsp3) is 0.533. The molecule has 2 aliphatic rings. The van der Waals surface area contributed by atoms with Crippen LogP contribution in [0.1, 0.15) is 19.3 Å². The summed E-state index contributed by atoms with van der Waals surface area (Å²) in [6.07, 6.45) is 3.73. The zero-order valence-electron chi connectivity index (χ0n) is 10.8. The van der Waals surface area contributed by atoms with Crippen molar-refractivity contribution >= 4 is 11.6 Å². The predicted octanol–water partition coefficient (Wildman–Crippen LogP) is 2.04. The van der Waals surface area contributed by atoms with E-state index in [9.17, 15) is 4.79 Å². The first-order valence-corrected chi connectivity index (χ1v) is 6.94. The molecule has 19 heavy (non-hydrogen) atoms. The van der Waals surface area contributed by atoms with E-state index in [1.165, 1.54) is 19.3 Å². The molecule has 0 bridgehead atoms. The van der Waals surface area contributed by atoms with Gasteiger partial charge in [0.2, 0.25) is 5.91 Å². The number of carbonyl (C=O) groups excluding carboxylic acids is 1. The lowest BCUT2D eigenvalue weighted by atomic mass is 10.1. The van der Waals surface area contributed by atoms with Gasteiger partial charge in [-0.05, 0) is 48.9 Å². The summed E-state index contributed by atoms with van der Waals surface area (Å²) in [7, 11) is 0. The van der Waals surface area contributed by atoms with Crippen molar-refractivity contribution in [3.05, 3.63) is 24.3 Å². The van der Waals surface area contributed by atoms with Gasteiger partial charge < -0.3 is 15.2 Å². The second kappa shape index (κ2) is 5.21. The van der Waals surface area contributed by atoms with Crippen LogP contribution in [0, 0.1) is 17.8 Å². The van der Waals surface area contributed by atoms with Crippen LogP contribution in [-0.2, 0) is 4.79 Å². The smallest absolute Gasteiger partial charge is 0.228 e. The summed E-state index contributed by atoms with van der Waals surface area (Å²) in [5.41, 5.74) is 0.811. The molecule has 0 aliphatic heterocycles. The summed E-state index contributed by atoms with van der Waals surface area (Å²) >= 11 is 0. The molecular weight excluding hydrogens is 242 g/mol. The minimum absolute atomic E-state index is 0.00292. The van der Waals surface area contributed by atoms with Gasteiger partial charge in [-0.2, -0.15) is 0 Å². The molecule has 2 saturated carbocycles. The van der Waals surface area contributed by atoms with Gasteiger partial charge in [-0.3, -0.25) is 4.79 Å². The molecule has 0 spiro atoms. The third-order valence-corrected chi connectivity index (χ3v) is 4.19. The average Bonchev–Trinajstić information content (AvgIpc) is 2.92. The molecule has 3 rings (SSSR count). The van der Waals surface area contributed by atoms with Crippen LogP contribution >= 0.6 is 0 Å². The summed E-state index contributed by atoms with van der Waals surface area (Å²) in [6, 6.07) is 7.28. The quantitative estimate of drug-likeness (QED) is 0.852. The summed E-state index contributed by atoms with van der Waals surface area (Å²) < 4.78 is 5.27. The first-order valence-electron chi connectivity index (χ1n) is 6.94. The topological polar surface area (TPSA) is 58.6 Å². The van der Waals surface area contributed by atoms with Crippen LogP contribution in [0.25, 0.3) is 0 Å². The van der Waals surface area contributed by atoms with Gasteiger partial charge in [0.15, 0.2) is 0 Å². The third-order valence-electron chi connectivity index (χ3n) is 4.19. The number of carbonyl (C=O) groups is 1. The number of aliphatic hydroxyl groups is 1. The molecule has 1 aromatic rings. The number of amides is 1. The molecule has 1 aromatic carbocycles. The predicted molar refractivity (Wildman–Crippen MR) is 72.0 cm³/mol. The summed E-state index contributed by atoms with van der Waals surface area (Å²) in [6.45, 7) is 0.292. The first-order chi connectivity index (χ1) is 9.29. The minimum Gasteiger partial charge on any atom is -0.491 e. The average molecular weight is 261 g/mol. The highest BCUT2D eigenvalue weighted by Gasteiger charge is 2.56. The summed E-state index contributed by atoms with van der Waals surface area (Å²) in [4.78, 5) is 12.1. The van der Waals surface area contributed by atoms with Crippen LogP contribution < -0.4 is 10.1 Å². The molecule has 4 heteroatoms. The number of hydrogen-bond acceptors (Lipinski definition) is 3. The van der Waals surface area contributed by atoms with Crippen molar-refractivity contribution < 1.29 is 14.6 Å². The number of hydrogen-bond donors (Lipinski definition) is 2. The maximum Gasteiger partial charge on any atom is 0.228 e. The van der Waals surface area contributed by atoms with Crippen LogP contribution in [0.4, 0.5) is 5.69 Å². The van der Waals surface area contributed by atoms with Crippen LogP contribution in [0.2, 0.25) is 0 Å². The lowest BCUT2D eigenvalue weighted by Crippen LogP contribution is -2.16. The zero-order valence-corrected chi connectivity index (χ0v) is 10.8. The zero-order chi connectivity index (χ0) is 13.2. The number of nitrogens with one attached hydrogen (secondary N) is 1. The summed E-state index contributed by atoms with van der Waals surface area (Å²) in [5, 5.41) is 11.6. The van der Waals surface area contributed by atoms with Crippen molar-refractivity contribution in [3.63, 3.8) is 0 Å². The van der Waals surface area contributed by atoms with Gasteiger partial charge in [0, 0.05) is 11.6 Å². The largest absolute Gasteiger partial charge is 0.491 e. The van der Waals surface area contributed by atoms with E-state index in [1.807, 2.05) is 12.1 Å². The number of fused-ring (bicyclic) bond motifs is 1. The fourth-order valence-corrected chi connectivity index (χ4v) is 3.23. The second-order valence-electron chi connectivity index (χ2n) is 5.37. The number of ether oxygens (including phenoxy) is 1. The Balaban J connectivity index is 1.53. The van der Waals surface area contributed by atoms with Gasteiger partial charge in [-0.1, -0.05) is 6.42 Å². The Bertz CT molecular complexity index is 447. The molecule has 2 N–H and O–H groups in total. The molecule has 4 nitrogen and oxygen atoms in total.